The molecule has 0 bridgehead atoms. The minimum atomic E-state index is 0. The van der Waals surface area contributed by atoms with Crippen LogP contribution in [0.3, 0.4) is 0 Å². The van der Waals surface area contributed by atoms with Crippen LogP contribution in [0.25, 0.3) is 11.1 Å². The molecule has 165 valence electrons. The molecule has 0 radical (unpaired) electrons. The van der Waals surface area contributed by atoms with Crippen LogP contribution < -0.4 is 24.8 Å². The zero-order valence-electron chi connectivity index (χ0n) is 18.6. The Kier molecular flexibility index (Phi) is 13.0. The number of halogens is 3. The normalized spacial score (nSPS) is 10.6. The molecule has 0 saturated carbocycles. The van der Waals surface area contributed by atoms with Gasteiger partial charge in [-0.3, -0.25) is 0 Å². The van der Waals surface area contributed by atoms with Crippen LogP contribution in [-0.2, 0) is 31.8 Å². The molecular weight excluding hydrogens is 483 g/mol. The maximum atomic E-state index is 9.27. The Morgan fingerprint density at radius 3 is 2.13 bits per heavy atom. The van der Waals surface area contributed by atoms with Gasteiger partial charge in [0.2, 0.25) is 0 Å². The molecule has 0 aromatic heterocycles. The average Bonchev–Trinajstić information content (AvgIpc) is 2.99. The third-order valence-corrected chi connectivity index (χ3v) is 4.58. The van der Waals surface area contributed by atoms with Gasteiger partial charge in [0.05, 0.1) is 0 Å². The van der Waals surface area contributed by atoms with Crippen LogP contribution in [0.15, 0.2) is 60.7 Å². The third kappa shape index (κ3) is 9.52. The monoisotopic (exact) mass is 509 g/mol. The summed E-state index contributed by atoms with van der Waals surface area (Å²) < 4.78 is 1.42. The molecule has 0 atom stereocenters. The van der Waals surface area contributed by atoms with Crippen molar-refractivity contribution in [3.05, 3.63) is 88.4 Å². The molecule has 0 saturated heterocycles. The second kappa shape index (κ2) is 13.5. The van der Waals surface area contributed by atoms with E-state index in [1.165, 1.54) is 32.1 Å². The molecule has 5 heteroatoms. The number of aromatic hydroxyl groups is 1. The van der Waals surface area contributed by atoms with Gasteiger partial charge in [0.1, 0.15) is 5.75 Å². The fourth-order valence-corrected chi connectivity index (χ4v) is 3.23. The summed E-state index contributed by atoms with van der Waals surface area (Å²) in [5, 5.41) is 9.86. The first-order chi connectivity index (χ1) is 13.6. The first-order valence-electron chi connectivity index (χ1n) is 9.67. The van der Waals surface area contributed by atoms with Gasteiger partial charge in [-0.2, -0.15) is 29.8 Å². The van der Waals surface area contributed by atoms with Crippen LogP contribution in [0.1, 0.15) is 51.3 Å². The van der Waals surface area contributed by atoms with Crippen LogP contribution in [0, 0.1) is 6.07 Å². The third-order valence-electron chi connectivity index (χ3n) is 4.37. The number of phenolic OH excluding ortho intramolecular Hbond substituents is 1. The Bertz CT molecular complexity index is 926. The Balaban J connectivity index is 0.000000473. The zero-order valence-corrected chi connectivity index (χ0v) is 22.4. The number of benzene rings is 3. The quantitative estimate of drug-likeness (QED) is 0.278. The van der Waals surface area contributed by atoms with Gasteiger partial charge in [0, 0.05) is 5.02 Å². The summed E-state index contributed by atoms with van der Waals surface area (Å²) in [4.78, 5) is 0. The first-order valence-corrected chi connectivity index (χ1v) is 10.8. The summed E-state index contributed by atoms with van der Waals surface area (Å²) in [5.41, 5.74) is 6.59. The van der Waals surface area contributed by atoms with E-state index in [9.17, 15) is 5.11 Å². The van der Waals surface area contributed by atoms with Crippen molar-refractivity contribution >= 4 is 15.4 Å². The predicted molar refractivity (Wildman–Crippen MR) is 122 cm³/mol. The van der Waals surface area contributed by atoms with Crippen LogP contribution >= 0.6 is 11.6 Å². The van der Waals surface area contributed by atoms with E-state index in [0.29, 0.717) is 5.02 Å². The maximum absolute atomic E-state index is 9.27. The van der Waals surface area contributed by atoms with E-state index in [2.05, 4.69) is 97.1 Å². The fraction of sp³-hybridized carbons (Fsp3) is 0.269. The van der Waals surface area contributed by atoms with Gasteiger partial charge in [-0.1, -0.05) is 67.8 Å². The number of rotatable bonds is 0. The summed E-state index contributed by atoms with van der Waals surface area (Å²) >= 11 is 7.88. The standard InChI is InChI=1S/C13H9.C10H13ClO.C3H6.2ClH.Ti/c1-3-7-12-10(5-1)9-11-6-2-4-8-13(11)12;1-10(2,3)7-4-8(11)6-9(12)5-7;1-3-2;;;/h1-5,7-8H,9H2;4-6,12H,1-3H3;1-2H3;2*1H;/q-1;;;;;+1/p-2. The summed E-state index contributed by atoms with van der Waals surface area (Å²) in [6.07, 6.45) is 1.05. The maximum Gasteiger partial charge on any atom is -0.0253 e. The molecule has 0 fully saturated rings. The molecule has 1 aliphatic rings. The van der Waals surface area contributed by atoms with E-state index in [-0.39, 0.29) is 36.0 Å². The molecule has 1 N–H and O–H groups in total. The van der Waals surface area contributed by atoms with Crippen LogP contribution in [-0.4, -0.2) is 8.92 Å². The van der Waals surface area contributed by atoms with Crippen molar-refractivity contribution in [2.45, 2.75) is 46.5 Å². The SMILES string of the molecule is CC(C)(C)c1cc(O)cc(Cl)c1.C[C](C)=[Ti+].[Cl-].[Cl-].[c-]1cccc2c1Cc1ccccc1-2. The Morgan fingerprint density at radius 2 is 1.55 bits per heavy atom. The second-order valence-corrected chi connectivity index (χ2v) is 10.3. The number of phenols is 1. The van der Waals surface area contributed by atoms with Crippen molar-refractivity contribution < 1.29 is 49.9 Å². The molecule has 0 aliphatic heterocycles. The van der Waals surface area contributed by atoms with Gasteiger partial charge in [-0.25, -0.2) is 0 Å². The Morgan fingerprint density at radius 1 is 0.968 bits per heavy atom. The molecular formula is C26H28Cl3OTi-2. The van der Waals surface area contributed by atoms with Gasteiger partial charge in [0.15, 0.2) is 0 Å². The average molecular weight is 511 g/mol. The molecule has 3 aromatic carbocycles. The molecule has 31 heavy (non-hydrogen) atoms. The van der Waals surface area contributed by atoms with Crippen molar-refractivity contribution in [3.8, 4) is 16.9 Å². The van der Waals surface area contributed by atoms with Gasteiger partial charge in [-0.05, 0) is 35.6 Å². The van der Waals surface area contributed by atoms with E-state index < -0.39 is 0 Å². The van der Waals surface area contributed by atoms with Gasteiger partial charge in [-0.15, -0.1) is 5.56 Å². The predicted octanol–water partition coefficient (Wildman–Crippen LogP) is 1.15. The topological polar surface area (TPSA) is 20.2 Å². The van der Waals surface area contributed by atoms with E-state index in [1.807, 2.05) is 12.1 Å². The Labute approximate surface area is 216 Å². The van der Waals surface area contributed by atoms with Crippen molar-refractivity contribution in [1.29, 1.82) is 0 Å². The zero-order chi connectivity index (χ0) is 21.6. The van der Waals surface area contributed by atoms with Gasteiger partial charge < -0.3 is 29.9 Å². The summed E-state index contributed by atoms with van der Waals surface area (Å²) in [6, 6.07) is 23.3. The van der Waals surface area contributed by atoms with Crippen LogP contribution in [0.2, 0.25) is 5.02 Å². The molecule has 3 aromatic rings. The molecule has 1 nitrogen and oxygen atoms in total. The van der Waals surface area contributed by atoms with Crippen molar-refractivity contribution in [1.82, 2.24) is 0 Å². The van der Waals surface area contributed by atoms with E-state index in [1.54, 1.807) is 6.07 Å². The number of fused-ring (bicyclic) bond motifs is 3. The van der Waals surface area contributed by atoms with Crippen molar-refractivity contribution in [2.24, 2.45) is 0 Å². The molecule has 0 heterocycles. The fourth-order valence-electron chi connectivity index (χ4n) is 3.00. The first kappa shape index (κ1) is 29.9. The molecule has 4 rings (SSSR count). The minimum Gasteiger partial charge on any atom is -1.00 e. The second-order valence-electron chi connectivity index (χ2n) is 8.34. The minimum absolute atomic E-state index is 0. The van der Waals surface area contributed by atoms with Crippen LogP contribution in [0.5, 0.6) is 5.75 Å². The summed E-state index contributed by atoms with van der Waals surface area (Å²) in [6.45, 7) is 10.4. The number of hydrogen-bond acceptors (Lipinski definition) is 1. The molecule has 0 spiro atoms. The van der Waals surface area contributed by atoms with Crippen molar-refractivity contribution in [2.75, 3.05) is 0 Å². The van der Waals surface area contributed by atoms with Crippen molar-refractivity contribution in [3.63, 3.8) is 0 Å². The molecule has 1 aliphatic carbocycles. The number of hydrogen-bond donors (Lipinski definition) is 1. The van der Waals surface area contributed by atoms with Gasteiger partial charge >= 0.3 is 37.6 Å². The van der Waals surface area contributed by atoms with Crippen LogP contribution in [0.4, 0.5) is 0 Å². The summed E-state index contributed by atoms with van der Waals surface area (Å²) in [5.74, 6) is 0.229. The van der Waals surface area contributed by atoms with Gasteiger partial charge in [0.25, 0.3) is 0 Å². The van der Waals surface area contributed by atoms with E-state index in [0.717, 1.165) is 12.0 Å². The summed E-state index contributed by atoms with van der Waals surface area (Å²) in [7, 11) is 0. The Hall–Kier alpha value is -1.09. The molecule has 0 amide bonds. The van der Waals surface area contributed by atoms with E-state index >= 15 is 0 Å². The van der Waals surface area contributed by atoms with E-state index in [4.69, 9.17) is 11.6 Å². The molecule has 0 unspecified atom stereocenters. The largest absolute Gasteiger partial charge is 1.00 e. The smallest absolute Gasteiger partial charge is 0.0253 e.